The quantitative estimate of drug-likeness (QED) is 0.692. The van der Waals surface area contributed by atoms with Crippen LogP contribution in [0.15, 0.2) is 0 Å². The average molecular weight is 234 g/mol. The van der Waals surface area contributed by atoms with Crippen LogP contribution < -0.4 is 0 Å². The number of ether oxygens (including phenoxy) is 5. The highest BCUT2D eigenvalue weighted by atomic mass is 16.6. The second-order valence-corrected chi connectivity index (χ2v) is 3.94. The van der Waals surface area contributed by atoms with Gasteiger partial charge in [-0.3, -0.25) is 0 Å². The normalized spacial score (nSPS) is 39.9. The largest absolute Gasteiger partial charge is 0.382 e. The molecule has 0 radical (unpaired) electrons. The summed E-state index contributed by atoms with van der Waals surface area (Å²) in [5.41, 5.74) is 0. The molecule has 0 aromatic rings. The van der Waals surface area contributed by atoms with Crippen molar-refractivity contribution in [2.75, 3.05) is 35.0 Å². The molecule has 0 saturated carbocycles. The molecule has 16 heavy (non-hydrogen) atoms. The Bertz CT molecular complexity index is 199. The van der Waals surface area contributed by atoms with Gasteiger partial charge in [0, 0.05) is 28.4 Å². The SMILES string of the molecule is COCC1O[C@H](C)C(OC)[C@H](OC)[C@@H]1OC. The molecule has 5 nitrogen and oxygen atoms in total. The van der Waals surface area contributed by atoms with Gasteiger partial charge in [0.05, 0.1) is 12.7 Å². The second-order valence-electron chi connectivity index (χ2n) is 3.94. The second kappa shape index (κ2) is 6.51. The number of hydrogen-bond acceptors (Lipinski definition) is 5. The lowest BCUT2D eigenvalue weighted by Crippen LogP contribution is -2.59. The van der Waals surface area contributed by atoms with Crippen LogP contribution in [0.3, 0.4) is 0 Å². The van der Waals surface area contributed by atoms with E-state index < -0.39 is 0 Å². The molecule has 1 aliphatic rings. The van der Waals surface area contributed by atoms with Crippen molar-refractivity contribution >= 4 is 0 Å². The molecule has 1 rings (SSSR count). The van der Waals surface area contributed by atoms with Gasteiger partial charge >= 0.3 is 0 Å². The summed E-state index contributed by atoms with van der Waals surface area (Å²) in [5, 5.41) is 0. The highest BCUT2D eigenvalue weighted by molar-refractivity contribution is 4.93. The first kappa shape index (κ1) is 13.9. The zero-order valence-electron chi connectivity index (χ0n) is 10.6. The molecule has 1 heterocycles. The summed E-state index contributed by atoms with van der Waals surface area (Å²) >= 11 is 0. The first-order chi connectivity index (χ1) is 7.69. The third kappa shape index (κ3) is 2.73. The van der Waals surface area contributed by atoms with E-state index in [4.69, 9.17) is 23.7 Å². The molecular weight excluding hydrogens is 212 g/mol. The van der Waals surface area contributed by atoms with Crippen LogP contribution >= 0.6 is 0 Å². The van der Waals surface area contributed by atoms with Crippen molar-refractivity contribution in [3.8, 4) is 0 Å². The highest BCUT2D eigenvalue weighted by Gasteiger charge is 2.45. The Labute approximate surface area is 97.0 Å². The summed E-state index contributed by atoms with van der Waals surface area (Å²) in [5.74, 6) is 0. The highest BCUT2D eigenvalue weighted by Crippen LogP contribution is 2.26. The minimum atomic E-state index is -0.175. The van der Waals surface area contributed by atoms with Crippen LogP contribution in [-0.4, -0.2) is 65.6 Å². The molecule has 0 amide bonds. The summed E-state index contributed by atoms with van der Waals surface area (Å²) in [4.78, 5) is 0. The Morgan fingerprint density at radius 3 is 1.88 bits per heavy atom. The standard InChI is InChI=1S/C11H22O5/c1-7-9(13-3)11(15-5)10(14-4)8(16-7)6-12-2/h7-11H,6H2,1-5H3/t7-,8?,9?,10-,11+/m1/s1. The zero-order valence-corrected chi connectivity index (χ0v) is 10.6. The van der Waals surface area contributed by atoms with Crippen LogP contribution in [0.25, 0.3) is 0 Å². The molecule has 1 saturated heterocycles. The van der Waals surface area contributed by atoms with E-state index in [2.05, 4.69) is 0 Å². The lowest BCUT2D eigenvalue weighted by Gasteiger charge is -2.43. The van der Waals surface area contributed by atoms with Gasteiger partial charge in [-0.15, -0.1) is 0 Å². The molecule has 2 unspecified atom stereocenters. The molecule has 0 aromatic carbocycles. The number of methoxy groups -OCH3 is 4. The first-order valence-corrected chi connectivity index (χ1v) is 5.42. The molecule has 96 valence electrons. The summed E-state index contributed by atoms with van der Waals surface area (Å²) in [7, 11) is 6.60. The van der Waals surface area contributed by atoms with Gasteiger partial charge < -0.3 is 23.7 Å². The molecule has 5 heteroatoms. The third-order valence-corrected chi connectivity index (χ3v) is 3.01. The Morgan fingerprint density at radius 1 is 0.875 bits per heavy atom. The molecule has 1 fully saturated rings. The monoisotopic (exact) mass is 234 g/mol. The van der Waals surface area contributed by atoms with Crippen molar-refractivity contribution in [2.24, 2.45) is 0 Å². The van der Waals surface area contributed by atoms with Crippen LogP contribution in [0.2, 0.25) is 0 Å². The van der Waals surface area contributed by atoms with E-state index in [9.17, 15) is 0 Å². The molecular formula is C11H22O5. The van der Waals surface area contributed by atoms with Gasteiger partial charge in [0.1, 0.15) is 24.4 Å². The fourth-order valence-electron chi connectivity index (χ4n) is 2.27. The maximum atomic E-state index is 5.81. The molecule has 5 atom stereocenters. The number of rotatable bonds is 5. The van der Waals surface area contributed by atoms with Crippen LogP contribution in [0.4, 0.5) is 0 Å². The van der Waals surface area contributed by atoms with E-state index in [-0.39, 0.29) is 30.5 Å². The van der Waals surface area contributed by atoms with E-state index in [1.54, 1.807) is 28.4 Å². The van der Waals surface area contributed by atoms with Crippen LogP contribution in [0, 0.1) is 0 Å². The van der Waals surface area contributed by atoms with E-state index in [1.807, 2.05) is 6.92 Å². The van der Waals surface area contributed by atoms with Gasteiger partial charge in [-0.1, -0.05) is 0 Å². The molecule has 0 aliphatic carbocycles. The van der Waals surface area contributed by atoms with Crippen molar-refractivity contribution in [2.45, 2.75) is 37.4 Å². The van der Waals surface area contributed by atoms with Crippen LogP contribution in [0.1, 0.15) is 6.92 Å². The fourth-order valence-corrected chi connectivity index (χ4v) is 2.27. The Hall–Kier alpha value is -0.200. The van der Waals surface area contributed by atoms with Crippen molar-refractivity contribution < 1.29 is 23.7 Å². The first-order valence-electron chi connectivity index (χ1n) is 5.42. The van der Waals surface area contributed by atoms with Crippen molar-refractivity contribution in [3.63, 3.8) is 0 Å². The van der Waals surface area contributed by atoms with E-state index in [0.29, 0.717) is 6.61 Å². The fraction of sp³-hybridized carbons (Fsp3) is 1.00. The van der Waals surface area contributed by atoms with Gasteiger partial charge in [-0.2, -0.15) is 0 Å². The van der Waals surface area contributed by atoms with Gasteiger partial charge in [-0.25, -0.2) is 0 Å². The maximum absolute atomic E-state index is 5.81. The Kier molecular flexibility index (Phi) is 5.64. The van der Waals surface area contributed by atoms with Crippen molar-refractivity contribution in [3.05, 3.63) is 0 Å². The molecule has 0 spiro atoms. The van der Waals surface area contributed by atoms with E-state index in [1.165, 1.54) is 0 Å². The van der Waals surface area contributed by atoms with Gasteiger partial charge in [0.2, 0.25) is 0 Å². The van der Waals surface area contributed by atoms with E-state index in [0.717, 1.165) is 0 Å². The summed E-state index contributed by atoms with van der Waals surface area (Å²) in [6.07, 6.45) is -0.601. The maximum Gasteiger partial charge on any atom is 0.114 e. The summed E-state index contributed by atoms with van der Waals surface area (Å²) < 4.78 is 27.2. The van der Waals surface area contributed by atoms with Crippen LogP contribution in [0.5, 0.6) is 0 Å². The smallest absolute Gasteiger partial charge is 0.114 e. The molecule has 1 aliphatic heterocycles. The lowest BCUT2D eigenvalue weighted by atomic mass is 9.95. The van der Waals surface area contributed by atoms with Crippen LogP contribution in [-0.2, 0) is 23.7 Å². The summed E-state index contributed by atoms with van der Waals surface area (Å²) in [6, 6.07) is 0. The van der Waals surface area contributed by atoms with Gasteiger partial charge in [0.15, 0.2) is 0 Å². The Balaban J connectivity index is 2.78. The number of hydrogen-bond donors (Lipinski definition) is 0. The van der Waals surface area contributed by atoms with Gasteiger partial charge in [0.25, 0.3) is 0 Å². The third-order valence-electron chi connectivity index (χ3n) is 3.01. The summed E-state index contributed by atoms with van der Waals surface area (Å²) in [6.45, 7) is 2.45. The minimum Gasteiger partial charge on any atom is -0.382 e. The van der Waals surface area contributed by atoms with Crippen molar-refractivity contribution in [1.29, 1.82) is 0 Å². The topological polar surface area (TPSA) is 46.2 Å². The lowest BCUT2D eigenvalue weighted by molar-refractivity contribution is -0.245. The molecule has 0 bridgehead atoms. The van der Waals surface area contributed by atoms with E-state index >= 15 is 0 Å². The minimum absolute atomic E-state index is 0.0403. The van der Waals surface area contributed by atoms with Gasteiger partial charge in [-0.05, 0) is 6.92 Å². The predicted molar refractivity (Wildman–Crippen MR) is 58.6 cm³/mol. The van der Waals surface area contributed by atoms with Crippen molar-refractivity contribution in [1.82, 2.24) is 0 Å². The predicted octanol–water partition coefficient (Wildman–Crippen LogP) is 0.465. The zero-order chi connectivity index (χ0) is 12.1. The molecule has 0 aromatic heterocycles. The molecule has 0 N–H and O–H groups in total. The average Bonchev–Trinajstić information content (AvgIpc) is 2.28. The Morgan fingerprint density at radius 2 is 1.44 bits per heavy atom.